The second kappa shape index (κ2) is 5.51. The molecule has 1 saturated heterocycles. The summed E-state index contributed by atoms with van der Waals surface area (Å²) in [5.74, 6) is -0.211. The lowest BCUT2D eigenvalue weighted by atomic mass is 10.0. The van der Waals surface area contributed by atoms with Crippen molar-refractivity contribution in [1.29, 1.82) is 0 Å². The fraction of sp³-hybridized carbons (Fsp3) is 0.500. The van der Waals surface area contributed by atoms with Crippen molar-refractivity contribution in [3.63, 3.8) is 0 Å². The third kappa shape index (κ3) is 3.75. The molecule has 6 nitrogen and oxygen atoms in total. The molecule has 0 amide bonds. The Kier molecular flexibility index (Phi) is 4.38. The summed E-state index contributed by atoms with van der Waals surface area (Å²) in [5.41, 5.74) is 5.04. The van der Waals surface area contributed by atoms with E-state index in [-0.39, 0.29) is 29.4 Å². The first-order chi connectivity index (χ1) is 9.57. The zero-order valence-electron chi connectivity index (χ0n) is 11.5. The van der Waals surface area contributed by atoms with Crippen LogP contribution in [-0.4, -0.2) is 33.9 Å². The molecule has 1 aromatic carbocycles. The summed E-state index contributed by atoms with van der Waals surface area (Å²) in [6, 6.07) is 4.24. The van der Waals surface area contributed by atoms with Gasteiger partial charge in [0.25, 0.3) is 0 Å². The Labute approximate surface area is 129 Å². The summed E-state index contributed by atoms with van der Waals surface area (Å²) in [5, 5.41) is 0.395. The molecule has 1 atom stereocenters. The summed E-state index contributed by atoms with van der Waals surface area (Å²) < 4.78 is 50.4. The molecule has 1 aliphatic rings. The SMILES string of the molecule is CC1(NS(=O)(=O)c2ccc(Cl)c(CN)c2)CCS(=O)(=O)C1. The van der Waals surface area contributed by atoms with Crippen LogP contribution in [0.1, 0.15) is 18.9 Å². The molecule has 1 aromatic rings. The highest BCUT2D eigenvalue weighted by Crippen LogP contribution is 2.26. The number of hydrogen-bond acceptors (Lipinski definition) is 5. The van der Waals surface area contributed by atoms with E-state index in [4.69, 9.17) is 17.3 Å². The monoisotopic (exact) mass is 352 g/mol. The molecule has 2 rings (SSSR count). The average Bonchev–Trinajstić information content (AvgIpc) is 2.62. The molecule has 1 fully saturated rings. The molecule has 0 aliphatic carbocycles. The quantitative estimate of drug-likeness (QED) is 0.827. The summed E-state index contributed by atoms with van der Waals surface area (Å²) >= 11 is 5.91. The van der Waals surface area contributed by atoms with Gasteiger partial charge in [0.2, 0.25) is 10.0 Å². The van der Waals surface area contributed by atoms with E-state index in [9.17, 15) is 16.8 Å². The minimum absolute atomic E-state index is 0.0132. The van der Waals surface area contributed by atoms with Crippen LogP contribution in [-0.2, 0) is 26.4 Å². The molecule has 9 heteroatoms. The van der Waals surface area contributed by atoms with Crippen LogP contribution in [0.4, 0.5) is 0 Å². The summed E-state index contributed by atoms with van der Waals surface area (Å²) in [6.07, 6.45) is 0.256. The number of sulfone groups is 1. The summed E-state index contributed by atoms with van der Waals surface area (Å²) in [7, 11) is -7.03. The van der Waals surface area contributed by atoms with Gasteiger partial charge in [-0.1, -0.05) is 11.6 Å². The van der Waals surface area contributed by atoms with Gasteiger partial charge in [0.05, 0.1) is 16.4 Å². The van der Waals surface area contributed by atoms with Gasteiger partial charge >= 0.3 is 0 Å². The van der Waals surface area contributed by atoms with Crippen LogP contribution in [0.3, 0.4) is 0 Å². The third-order valence-corrected chi connectivity index (χ3v) is 7.34. The number of halogens is 1. The maximum Gasteiger partial charge on any atom is 0.241 e. The van der Waals surface area contributed by atoms with Gasteiger partial charge in [0.1, 0.15) is 0 Å². The van der Waals surface area contributed by atoms with Gasteiger partial charge in [0.15, 0.2) is 9.84 Å². The van der Waals surface area contributed by atoms with E-state index in [2.05, 4.69) is 4.72 Å². The van der Waals surface area contributed by atoms with Crippen LogP contribution in [0.25, 0.3) is 0 Å². The average molecular weight is 353 g/mol. The first-order valence-electron chi connectivity index (χ1n) is 6.30. The molecule has 0 spiro atoms. The lowest BCUT2D eigenvalue weighted by Crippen LogP contribution is -2.46. The molecule has 1 aliphatic heterocycles. The van der Waals surface area contributed by atoms with Crippen LogP contribution in [0.15, 0.2) is 23.1 Å². The van der Waals surface area contributed by atoms with Crippen molar-refractivity contribution in [2.45, 2.75) is 30.3 Å². The van der Waals surface area contributed by atoms with E-state index in [1.807, 2.05) is 0 Å². The molecule has 0 aromatic heterocycles. The Bertz CT molecular complexity index is 761. The van der Waals surface area contributed by atoms with Gasteiger partial charge in [-0.3, -0.25) is 0 Å². The van der Waals surface area contributed by atoms with Crippen molar-refractivity contribution in [2.24, 2.45) is 5.73 Å². The highest BCUT2D eigenvalue weighted by molar-refractivity contribution is 7.92. The van der Waals surface area contributed by atoms with Gasteiger partial charge in [-0.15, -0.1) is 0 Å². The largest absolute Gasteiger partial charge is 0.326 e. The Hall–Kier alpha value is -0.670. The van der Waals surface area contributed by atoms with Crippen LogP contribution in [0, 0.1) is 0 Å². The lowest BCUT2D eigenvalue weighted by Gasteiger charge is -2.23. The highest BCUT2D eigenvalue weighted by Gasteiger charge is 2.41. The predicted molar refractivity (Wildman–Crippen MR) is 81.3 cm³/mol. The molecule has 0 saturated carbocycles. The number of nitrogens with one attached hydrogen (secondary N) is 1. The van der Waals surface area contributed by atoms with Crippen LogP contribution in [0.5, 0.6) is 0 Å². The second-order valence-electron chi connectivity index (χ2n) is 5.47. The molecule has 0 bridgehead atoms. The Balaban J connectivity index is 2.31. The number of hydrogen-bond donors (Lipinski definition) is 2. The van der Waals surface area contributed by atoms with E-state index in [0.29, 0.717) is 10.6 Å². The lowest BCUT2D eigenvalue weighted by molar-refractivity contribution is 0.462. The molecule has 3 N–H and O–H groups in total. The van der Waals surface area contributed by atoms with Crippen molar-refractivity contribution in [2.75, 3.05) is 11.5 Å². The normalized spacial score (nSPS) is 25.1. The minimum Gasteiger partial charge on any atom is -0.326 e. The molecule has 1 unspecified atom stereocenters. The van der Waals surface area contributed by atoms with Gasteiger partial charge in [-0.05, 0) is 37.1 Å². The van der Waals surface area contributed by atoms with E-state index in [1.54, 1.807) is 6.92 Å². The van der Waals surface area contributed by atoms with Crippen LogP contribution < -0.4 is 10.5 Å². The van der Waals surface area contributed by atoms with Gasteiger partial charge < -0.3 is 5.73 Å². The van der Waals surface area contributed by atoms with Crippen LogP contribution in [0.2, 0.25) is 5.02 Å². The fourth-order valence-electron chi connectivity index (χ4n) is 2.35. The second-order valence-corrected chi connectivity index (χ2v) is 9.74. The fourth-order valence-corrected chi connectivity index (χ4v) is 6.21. The third-order valence-electron chi connectivity index (χ3n) is 3.43. The molecular formula is C12H17ClN2O4S2. The Morgan fingerprint density at radius 3 is 2.62 bits per heavy atom. The van der Waals surface area contributed by atoms with Crippen molar-refractivity contribution in [3.8, 4) is 0 Å². The maximum atomic E-state index is 12.4. The van der Waals surface area contributed by atoms with Gasteiger partial charge in [-0.2, -0.15) is 0 Å². The van der Waals surface area contributed by atoms with E-state index in [0.717, 1.165) is 0 Å². The highest BCUT2D eigenvalue weighted by atomic mass is 35.5. The van der Waals surface area contributed by atoms with Crippen molar-refractivity contribution < 1.29 is 16.8 Å². The van der Waals surface area contributed by atoms with E-state index < -0.39 is 25.4 Å². The molecule has 1 heterocycles. The van der Waals surface area contributed by atoms with E-state index in [1.165, 1.54) is 18.2 Å². The zero-order chi connectivity index (χ0) is 15.9. The zero-order valence-corrected chi connectivity index (χ0v) is 13.9. The summed E-state index contributed by atoms with van der Waals surface area (Å²) in [4.78, 5) is 0.0258. The summed E-state index contributed by atoms with van der Waals surface area (Å²) in [6.45, 7) is 1.71. The smallest absolute Gasteiger partial charge is 0.241 e. The maximum absolute atomic E-state index is 12.4. The van der Waals surface area contributed by atoms with E-state index >= 15 is 0 Å². The Morgan fingerprint density at radius 2 is 2.10 bits per heavy atom. The topological polar surface area (TPSA) is 106 Å². The molecular weight excluding hydrogens is 336 g/mol. The van der Waals surface area contributed by atoms with Crippen molar-refractivity contribution in [1.82, 2.24) is 4.72 Å². The number of benzene rings is 1. The number of sulfonamides is 1. The number of rotatable bonds is 4. The van der Waals surface area contributed by atoms with Gasteiger partial charge in [-0.25, -0.2) is 21.6 Å². The van der Waals surface area contributed by atoms with Gasteiger partial charge in [0, 0.05) is 17.1 Å². The molecule has 0 radical (unpaired) electrons. The minimum atomic E-state index is -3.83. The predicted octanol–water partition coefficient (Wildman–Crippen LogP) is 0.654. The van der Waals surface area contributed by atoms with Crippen molar-refractivity contribution in [3.05, 3.63) is 28.8 Å². The first kappa shape index (κ1) is 16.7. The van der Waals surface area contributed by atoms with Crippen LogP contribution >= 0.6 is 11.6 Å². The van der Waals surface area contributed by atoms with Crippen molar-refractivity contribution >= 4 is 31.5 Å². The first-order valence-corrected chi connectivity index (χ1v) is 9.98. The number of nitrogens with two attached hydrogens (primary N) is 1. The molecule has 21 heavy (non-hydrogen) atoms. The molecule has 118 valence electrons. The Morgan fingerprint density at radius 1 is 1.43 bits per heavy atom. The standard InChI is InChI=1S/C12H17ClN2O4S2/c1-12(4-5-20(16,17)8-12)15-21(18,19)10-2-3-11(13)9(6-10)7-14/h2-3,6,15H,4-5,7-8,14H2,1H3.